The first-order valence-electron chi connectivity index (χ1n) is 9.97. The predicted molar refractivity (Wildman–Crippen MR) is 112 cm³/mol. The van der Waals surface area contributed by atoms with E-state index in [1.165, 1.54) is 23.7 Å². The molecule has 6 nitrogen and oxygen atoms in total. The molecule has 0 aliphatic carbocycles. The molecule has 0 bridgehead atoms. The lowest BCUT2D eigenvalue weighted by Crippen LogP contribution is -2.41. The van der Waals surface area contributed by atoms with Gasteiger partial charge in [0.05, 0.1) is 6.61 Å². The molecule has 3 rings (SSSR count). The fourth-order valence-electron chi connectivity index (χ4n) is 3.28. The highest BCUT2D eigenvalue weighted by Gasteiger charge is 2.24. The molecule has 1 N–H and O–H groups in total. The van der Waals surface area contributed by atoms with Crippen LogP contribution in [0.4, 0.5) is 4.79 Å². The maximum atomic E-state index is 12.0. The first kappa shape index (κ1) is 20.7. The molecule has 0 aromatic heterocycles. The van der Waals surface area contributed by atoms with Gasteiger partial charge in [-0.3, -0.25) is 4.79 Å². The Bertz CT molecular complexity index is 810. The van der Waals surface area contributed by atoms with Crippen molar-refractivity contribution in [2.45, 2.75) is 19.8 Å². The van der Waals surface area contributed by atoms with E-state index in [0.717, 1.165) is 18.6 Å². The van der Waals surface area contributed by atoms with E-state index in [1.54, 1.807) is 4.90 Å². The number of amides is 2. The summed E-state index contributed by atoms with van der Waals surface area (Å²) in [6.45, 7) is 3.71. The van der Waals surface area contributed by atoms with Crippen LogP contribution < -0.4 is 10.1 Å². The number of likely N-dealkylation sites (N-methyl/N-ethyl adjacent to an activating group) is 1. The summed E-state index contributed by atoms with van der Waals surface area (Å²) in [5, 5.41) is 2.43. The molecule has 29 heavy (non-hydrogen) atoms. The maximum Gasteiger partial charge on any atom is 0.410 e. The zero-order chi connectivity index (χ0) is 20.6. The fraction of sp³-hybridized carbons (Fsp3) is 0.391. The summed E-state index contributed by atoms with van der Waals surface area (Å²) in [5.41, 5.74) is 3.61. The Balaban J connectivity index is 1.41. The summed E-state index contributed by atoms with van der Waals surface area (Å²) in [6, 6.07) is 16.6. The number of hydrogen-bond donors (Lipinski definition) is 1. The second kappa shape index (κ2) is 9.96. The Kier molecular flexibility index (Phi) is 7.11. The van der Waals surface area contributed by atoms with Crippen molar-refractivity contribution in [1.29, 1.82) is 0 Å². The molecule has 2 amide bonds. The average Bonchev–Trinajstić information content (AvgIpc) is 2.77. The van der Waals surface area contributed by atoms with Crippen LogP contribution in [0, 0.1) is 12.8 Å². The highest BCUT2D eigenvalue weighted by Crippen LogP contribution is 2.24. The summed E-state index contributed by atoms with van der Waals surface area (Å²) >= 11 is 0. The number of nitrogens with zero attached hydrogens (tertiary/aromatic N) is 1. The van der Waals surface area contributed by atoms with Gasteiger partial charge in [0, 0.05) is 20.1 Å². The summed E-state index contributed by atoms with van der Waals surface area (Å²) in [6.07, 6.45) is 1.28. The van der Waals surface area contributed by atoms with Gasteiger partial charge in [-0.25, -0.2) is 4.79 Å². The lowest BCUT2D eigenvalue weighted by Gasteiger charge is -2.31. The number of rotatable bonds is 6. The van der Waals surface area contributed by atoms with Gasteiger partial charge in [-0.1, -0.05) is 42.0 Å². The number of hydrogen-bond acceptors (Lipinski definition) is 4. The van der Waals surface area contributed by atoms with E-state index in [2.05, 4.69) is 48.6 Å². The van der Waals surface area contributed by atoms with Gasteiger partial charge in [0.2, 0.25) is 0 Å². The molecule has 6 heteroatoms. The van der Waals surface area contributed by atoms with Crippen LogP contribution in [0.25, 0.3) is 11.1 Å². The molecular weight excluding hydrogens is 368 g/mol. The molecule has 1 heterocycles. The topological polar surface area (TPSA) is 67.9 Å². The summed E-state index contributed by atoms with van der Waals surface area (Å²) in [7, 11) is 1.51. The number of aryl methyl sites for hydroxylation is 1. The zero-order valence-corrected chi connectivity index (χ0v) is 17.0. The molecule has 2 aromatic rings. The van der Waals surface area contributed by atoms with Crippen LogP contribution in [-0.2, 0) is 9.53 Å². The first-order chi connectivity index (χ1) is 14.0. The Labute approximate surface area is 171 Å². The van der Waals surface area contributed by atoms with Crippen LogP contribution in [-0.4, -0.2) is 50.3 Å². The Morgan fingerprint density at radius 3 is 2.17 bits per heavy atom. The van der Waals surface area contributed by atoms with Gasteiger partial charge >= 0.3 is 6.09 Å². The smallest absolute Gasteiger partial charge is 0.410 e. The Morgan fingerprint density at radius 2 is 1.59 bits per heavy atom. The van der Waals surface area contributed by atoms with E-state index in [9.17, 15) is 9.59 Å². The molecule has 2 aromatic carbocycles. The summed E-state index contributed by atoms with van der Waals surface area (Å²) in [5.74, 6) is 0.943. The molecule has 0 radical (unpaired) electrons. The molecule has 1 aliphatic heterocycles. The molecule has 1 saturated heterocycles. The summed E-state index contributed by atoms with van der Waals surface area (Å²) < 4.78 is 11.0. The van der Waals surface area contributed by atoms with E-state index < -0.39 is 6.09 Å². The number of nitrogens with one attached hydrogen (secondary N) is 1. The van der Waals surface area contributed by atoms with Crippen molar-refractivity contribution >= 4 is 12.0 Å². The second-order valence-electron chi connectivity index (χ2n) is 7.36. The van der Waals surface area contributed by atoms with Crippen LogP contribution >= 0.6 is 0 Å². The van der Waals surface area contributed by atoms with Gasteiger partial charge in [-0.2, -0.15) is 0 Å². The van der Waals surface area contributed by atoms with Gasteiger partial charge in [-0.15, -0.1) is 0 Å². The zero-order valence-electron chi connectivity index (χ0n) is 17.0. The Morgan fingerprint density at radius 1 is 1.00 bits per heavy atom. The monoisotopic (exact) mass is 396 g/mol. The maximum absolute atomic E-state index is 12.0. The minimum Gasteiger partial charge on any atom is -0.493 e. The number of benzene rings is 2. The molecule has 1 aliphatic rings. The quantitative estimate of drug-likeness (QED) is 0.810. The van der Waals surface area contributed by atoms with E-state index in [-0.39, 0.29) is 12.5 Å². The van der Waals surface area contributed by atoms with E-state index in [4.69, 9.17) is 9.47 Å². The van der Waals surface area contributed by atoms with Crippen molar-refractivity contribution in [3.05, 3.63) is 54.1 Å². The number of ether oxygens (including phenoxy) is 2. The standard InChI is InChI=1S/C23H28N2O4/c1-17-3-5-19(6-4-17)20-7-9-21(10-8-20)28-15-18-11-13-25(14-12-18)23(27)29-16-22(26)24-2/h3-10,18H,11-16H2,1-2H3,(H,24,26). The van der Waals surface area contributed by atoms with Crippen LogP contribution in [0.15, 0.2) is 48.5 Å². The number of carbonyl (C=O) groups is 2. The van der Waals surface area contributed by atoms with Crippen molar-refractivity contribution in [2.75, 3.05) is 33.4 Å². The molecule has 0 spiro atoms. The lowest BCUT2D eigenvalue weighted by molar-refractivity contribution is -0.123. The Hall–Kier alpha value is -3.02. The highest BCUT2D eigenvalue weighted by atomic mass is 16.6. The van der Waals surface area contributed by atoms with E-state index in [1.807, 2.05) is 12.1 Å². The molecule has 154 valence electrons. The molecule has 0 unspecified atom stereocenters. The van der Waals surface area contributed by atoms with Gasteiger partial charge in [0.1, 0.15) is 5.75 Å². The van der Waals surface area contributed by atoms with Crippen LogP contribution in [0.1, 0.15) is 18.4 Å². The van der Waals surface area contributed by atoms with Crippen molar-refractivity contribution in [3.63, 3.8) is 0 Å². The third-order valence-corrected chi connectivity index (χ3v) is 5.20. The number of likely N-dealkylation sites (tertiary alicyclic amines) is 1. The van der Waals surface area contributed by atoms with Crippen molar-refractivity contribution in [1.82, 2.24) is 10.2 Å². The first-order valence-corrected chi connectivity index (χ1v) is 9.97. The molecule has 0 saturated carbocycles. The van der Waals surface area contributed by atoms with Crippen molar-refractivity contribution < 1.29 is 19.1 Å². The van der Waals surface area contributed by atoms with E-state index in [0.29, 0.717) is 25.6 Å². The summed E-state index contributed by atoms with van der Waals surface area (Å²) in [4.78, 5) is 24.8. The van der Waals surface area contributed by atoms with Crippen LogP contribution in [0.3, 0.4) is 0 Å². The lowest BCUT2D eigenvalue weighted by atomic mass is 9.98. The van der Waals surface area contributed by atoms with Gasteiger partial charge in [0.25, 0.3) is 5.91 Å². The molecule has 1 fully saturated rings. The van der Waals surface area contributed by atoms with Crippen LogP contribution in [0.2, 0.25) is 0 Å². The average molecular weight is 396 g/mol. The highest BCUT2D eigenvalue weighted by molar-refractivity contribution is 5.79. The molecule has 0 atom stereocenters. The van der Waals surface area contributed by atoms with Crippen LogP contribution in [0.5, 0.6) is 5.75 Å². The minimum absolute atomic E-state index is 0.239. The number of carbonyl (C=O) groups excluding carboxylic acids is 2. The normalized spacial score (nSPS) is 14.3. The third kappa shape index (κ3) is 5.98. The van der Waals surface area contributed by atoms with Gasteiger partial charge < -0.3 is 19.7 Å². The van der Waals surface area contributed by atoms with Gasteiger partial charge in [0.15, 0.2) is 6.61 Å². The minimum atomic E-state index is -0.431. The van der Waals surface area contributed by atoms with Crippen molar-refractivity contribution in [2.24, 2.45) is 5.92 Å². The largest absolute Gasteiger partial charge is 0.493 e. The second-order valence-corrected chi connectivity index (χ2v) is 7.36. The third-order valence-electron chi connectivity index (χ3n) is 5.20. The molecular formula is C23H28N2O4. The number of piperidine rings is 1. The van der Waals surface area contributed by atoms with E-state index >= 15 is 0 Å². The van der Waals surface area contributed by atoms with Gasteiger partial charge in [-0.05, 0) is 48.9 Å². The fourth-order valence-corrected chi connectivity index (χ4v) is 3.28. The predicted octanol–water partition coefficient (Wildman–Crippen LogP) is 3.64. The van der Waals surface area contributed by atoms with Crippen molar-refractivity contribution in [3.8, 4) is 16.9 Å². The SMILES string of the molecule is CNC(=O)COC(=O)N1CCC(COc2ccc(-c3ccc(C)cc3)cc2)CC1.